The fourth-order valence-electron chi connectivity index (χ4n) is 3.83. The van der Waals surface area contributed by atoms with Gasteiger partial charge in [0.15, 0.2) is 5.49 Å². The van der Waals surface area contributed by atoms with Crippen molar-refractivity contribution < 1.29 is 9.53 Å². The van der Waals surface area contributed by atoms with Crippen LogP contribution in [0.5, 0.6) is 0 Å². The zero-order valence-electron chi connectivity index (χ0n) is 19.7. The summed E-state index contributed by atoms with van der Waals surface area (Å²) >= 11 is 6.05. The number of rotatable bonds is 6. The zero-order chi connectivity index (χ0) is 25.1. The van der Waals surface area contributed by atoms with Crippen molar-refractivity contribution in [3.63, 3.8) is 0 Å². The van der Waals surface area contributed by atoms with Crippen LogP contribution in [0.25, 0.3) is 16.7 Å². The van der Waals surface area contributed by atoms with Crippen LogP contribution in [0.1, 0.15) is 41.8 Å². The second kappa shape index (κ2) is 10.2. The van der Waals surface area contributed by atoms with Gasteiger partial charge in [0, 0.05) is 29.9 Å². The van der Waals surface area contributed by atoms with E-state index >= 15 is 0 Å². The number of hydrogen-bond acceptors (Lipinski definition) is 5. The highest BCUT2D eigenvalue weighted by molar-refractivity contribution is 6.31. The molecule has 0 saturated carbocycles. The van der Waals surface area contributed by atoms with Crippen LogP contribution in [0.2, 0.25) is 5.02 Å². The lowest BCUT2D eigenvalue weighted by Crippen LogP contribution is -2.30. The van der Waals surface area contributed by atoms with Gasteiger partial charge in [-0.05, 0) is 63.1 Å². The summed E-state index contributed by atoms with van der Waals surface area (Å²) in [5.74, 6) is -0.552. The Kier molecular flexibility index (Phi) is 7.10. The van der Waals surface area contributed by atoms with Crippen molar-refractivity contribution >= 4 is 34.2 Å². The van der Waals surface area contributed by atoms with Gasteiger partial charge in [-0.2, -0.15) is 10.3 Å². The summed E-state index contributed by atoms with van der Waals surface area (Å²) in [6.45, 7) is 6.55. The van der Waals surface area contributed by atoms with Gasteiger partial charge in [-0.15, -0.1) is 0 Å². The minimum Gasteiger partial charge on any atom is -0.379 e. The lowest BCUT2D eigenvalue weighted by molar-refractivity contribution is 0.0748. The first-order valence-corrected chi connectivity index (χ1v) is 11.6. The van der Waals surface area contributed by atoms with Crippen LogP contribution in [0, 0.1) is 18.3 Å². The van der Waals surface area contributed by atoms with Gasteiger partial charge in [-0.3, -0.25) is 14.0 Å². The molecule has 0 aliphatic heterocycles. The van der Waals surface area contributed by atoms with E-state index in [0.717, 1.165) is 5.56 Å². The molecule has 1 amide bonds. The fraction of sp³-hybridized carbons (Fsp3) is 0.269. The van der Waals surface area contributed by atoms with Gasteiger partial charge in [0.25, 0.3) is 11.5 Å². The van der Waals surface area contributed by atoms with Crippen LogP contribution in [0.15, 0.2) is 58.4 Å². The number of carbonyl (C=O) groups is 1. The number of nitrogens with zero attached hydrogens (tertiary/aromatic N) is 5. The summed E-state index contributed by atoms with van der Waals surface area (Å²) in [6, 6.07) is 13.6. The molecule has 0 N–H and O–H groups in total. The summed E-state index contributed by atoms with van der Waals surface area (Å²) in [5.41, 5.74) is 1.89. The average molecular weight is 490 g/mol. The Morgan fingerprint density at radius 2 is 2.03 bits per heavy atom. The van der Waals surface area contributed by atoms with Crippen molar-refractivity contribution in [2.45, 2.75) is 39.8 Å². The predicted octanol–water partition coefficient (Wildman–Crippen LogP) is 4.04. The quantitative estimate of drug-likeness (QED) is 0.300. The minimum atomic E-state index is -0.552. The number of benzene rings is 1. The van der Waals surface area contributed by atoms with Crippen molar-refractivity contribution in [3.05, 3.63) is 86.2 Å². The summed E-state index contributed by atoms with van der Waals surface area (Å²) < 4.78 is 8.79. The van der Waals surface area contributed by atoms with E-state index in [1.165, 1.54) is 16.5 Å². The molecule has 3 heterocycles. The van der Waals surface area contributed by atoms with Gasteiger partial charge in [-0.1, -0.05) is 23.7 Å². The third kappa shape index (κ3) is 5.02. The number of nitriles is 1. The molecule has 178 valence electrons. The van der Waals surface area contributed by atoms with Crippen LogP contribution in [-0.2, 0) is 11.3 Å². The van der Waals surface area contributed by atoms with E-state index in [9.17, 15) is 14.9 Å². The number of fused-ring (bicyclic) bond motifs is 2. The Bertz CT molecular complexity index is 1610. The first-order valence-electron chi connectivity index (χ1n) is 11.2. The van der Waals surface area contributed by atoms with Crippen molar-refractivity contribution in [2.24, 2.45) is 4.99 Å². The SMILES string of the molecule is Cc1cccn2c(=O)c3cc(C#N)c(=NC(=O)c4cccc(Cl)c4)n(CCCOC(C)C)c3nc12. The van der Waals surface area contributed by atoms with Crippen LogP contribution in [-0.4, -0.2) is 32.6 Å². The smallest absolute Gasteiger partial charge is 0.279 e. The Hall–Kier alpha value is -3.80. The molecule has 0 saturated heterocycles. The lowest BCUT2D eigenvalue weighted by Gasteiger charge is -2.15. The van der Waals surface area contributed by atoms with Gasteiger partial charge in [0.1, 0.15) is 17.4 Å². The number of halogens is 1. The lowest BCUT2D eigenvalue weighted by atomic mass is 10.2. The second-order valence-corrected chi connectivity index (χ2v) is 8.82. The maximum absolute atomic E-state index is 13.3. The molecule has 0 aliphatic carbocycles. The average Bonchev–Trinajstić information content (AvgIpc) is 2.83. The van der Waals surface area contributed by atoms with E-state index in [1.54, 1.807) is 35.0 Å². The summed E-state index contributed by atoms with van der Waals surface area (Å²) in [4.78, 5) is 35.4. The number of aromatic nitrogens is 3. The van der Waals surface area contributed by atoms with E-state index < -0.39 is 5.91 Å². The predicted molar refractivity (Wildman–Crippen MR) is 133 cm³/mol. The molecule has 9 heteroatoms. The van der Waals surface area contributed by atoms with Crippen LogP contribution in [0.3, 0.4) is 0 Å². The topological polar surface area (TPSA) is 102 Å². The van der Waals surface area contributed by atoms with E-state index in [0.29, 0.717) is 41.5 Å². The molecule has 1 aromatic carbocycles. The molecule has 0 radical (unpaired) electrons. The Morgan fingerprint density at radius 1 is 1.23 bits per heavy atom. The Labute approximate surface area is 206 Å². The molecular formula is C26H24ClN5O3. The second-order valence-electron chi connectivity index (χ2n) is 8.38. The Morgan fingerprint density at radius 3 is 2.74 bits per heavy atom. The standard InChI is InChI=1S/C26H24ClN5O3/c1-16(2)35-12-6-11-31-23(30-25(33)18-8-4-9-20(27)13-18)19(15-28)14-21-24(31)29-22-17(3)7-5-10-32(22)26(21)34/h4-5,7-10,13-14,16H,6,11-12H2,1-3H3. The molecule has 0 spiro atoms. The number of aryl methyl sites for hydroxylation is 2. The highest BCUT2D eigenvalue weighted by Crippen LogP contribution is 2.14. The largest absolute Gasteiger partial charge is 0.379 e. The molecule has 0 atom stereocenters. The first kappa shape index (κ1) is 24.3. The summed E-state index contributed by atoms with van der Waals surface area (Å²) in [7, 11) is 0. The zero-order valence-corrected chi connectivity index (χ0v) is 20.4. The van der Waals surface area contributed by atoms with Crippen LogP contribution in [0.4, 0.5) is 0 Å². The maximum Gasteiger partial charge on any atom is 0.279 e. The molecule has 0 fully saturated rings. The van der Waals surface area contributed by atoms with E-state index in [-0.39, 0.29) is 28.1 Å². The van der Waals surface area contributed by atoms with Crippen molar-refractivity contribution in [2.75, 3.05) is 6.61 Å². The van der Waals surface area contributed by atoms with E-state index in [2.05, 4.69) is 11.1 Å². The van der Waals surface area contributed by atoms with E-state index in [4.69, 9.17) is 21.3 Å². The molecule has 4 aromatic rings. The highest BCUT2D eigenvalue weighted by Gasteiger charge is 2.16. The number of pyridine rings is 2. The van der Waals surface area contributed by atoms with Crippen molar-refractivity contribution in [1.82, 2.24) is 14.0 Å². The summed E-state index contributed by atoms with van der Waals surface area (Å²) in [6.07, 6.45) is 2.27. The Balaban J connectivity index is 2.01. The van der Waals surface area contributed by atoms with Gasteiger partial charge >= 0.3 is 0 Å². The maximum atomic E-state index is 13.3. The van der Waals surface area contributed by atoms with Gasteiger partial charge in [0.05, 0.1) is 17.1 Å². The molecule has 0 unspecified atom stereocenters. The third-order valence-corrected chi connectivity index (χ3v) is 5.72. The monoisotopic (exact) mass is 489 g/mol. The fourth-order valence-corrected chi connectivity index (χ4v) is 4.02. The number of amides is 1. The van der Waals surface area contributed by atoms with Crippen molar-refractivity contribution in [1.29, 1.82) is 5.26 Å². The normalized spacial score (nSPS) is 11.9. The molecule has 0 bridgehead atoms. The number of carbonyl (C=O) groups excluding carboxylic acids is 1. The molecule has 8 nitrogen and oxygen atoms in total. The molecular weight excluding hydrogens is 466 g/mol. The number of hydrogen-bond donors (Lipinski definition) is 0. The summed E-state index contributed by atoms with van der Waals surface area (Å²) in [5, 5.41) is 10.6. The van der Waals surface area contributed by atoms with E-state index in [1.807, 2.05) is 26.8 Å². The molecule has 35 heavy (non-hydrogen) atoms. The van der Waals surface area contributed by atoms with Crippen LogP contribution < -0.4 is 11.0 Å². The van der Waals surface area contributed by atoms with Crippen molar-refractivity contribution in [3.8, 4) is 6.07 Å². The van der Waals surface area contributed by atoms with Crippen LogP contribution >= 0.6 is 11.6 Å². The molecule has 0 aliphatic rings. The van der Waals surface area contributed by atoms with Gasteiger partial charge < -0.3 is 9.30 Å². The highest BCUT2D eigenvalue weighted by atomic mass is 35.5. The molecule has 4 rings (SSSR count). The van der Waals surface area contributed by atoms with Gasteiger partial charge in [-0.25, -0.2) is 4.98 Å². The van der Waals surface area contributed by atoms with Gasteiger partial charge in [0.2, 0.25) is 0 Å². The molecule has 3 aromatic heterocycles. The first-order chi connectivity index (χ1) is 16.8. The number of ether oxygens (including phenoxy) is 1. The third-order valence-electron chi connectivity index (χ3n) is 5.48. The minimum absolute atomic E-state index is 0.0603.